The molecule has 1 atom stereocenters. The lowest BCUT2D eigenvalue weighted by molar-refractivity contribution is 0.405. The fourth-order valence-electron chi connectivity index (χ4n) is 2.50. The van der Waals surface area contributed by atoms with Gasteiger partial charge < -0.3 is 10.1 Å². The van der Waals surface area contributed by atoms with Gasteiger partial charge in [-0.15, -0.1) is 0 Å². The number of fused-ring (bicyclic) bond motifs is 1. The first kappa shape index (κ1) is 11.2. The van der Waals surface area contributed by atoms with Gasteiger partial charge in [-0.1, -0.05) is 24.3 Å². The van der Waals surface area contributed by atoms with Gasteiger partial charge in [0.1, 0.15) is 11.6 Å². The van der Waals surface area contributed by atoms with Crippen molar-refractivity contribution in [2.75, 3.05) is 7.11 Å². The molecule has 0 amide bonds. The van der Waals surface area contributed by atoms with Crippen LogP contribution in [0.1, 0.15) is 22.7 Å². The Balaban J connectivity index is 2.08. The van der Waals surface area contributed by atoms with Crippen LogP contribution in [0, 0.1) is 5.82 Å². The summed E-state index contributed by atoms with van der Waals surface area (Å²) in [7, 11) is 1.65. The van der Waals surface area contributed by atoms with Gasteiger partial charge in [0, 0.05) is 12.1 Å². The maximum Gasteiger partial charge on any atom is 0.123 e. The van der Waals surface area contributed by atoms with E-state index >= 15 is 0 Å². The van der Waals surface area contributed by atoms with Gasteiger partial charge in [-0.2, -0.15) is 0 Å². The highest BCUT2D eigenvalue weighted by Gasteiger charge is 2.25. The average Bonchev–Trinajstić information content (AvgIpc) is 2.81. The molecule has 0 saturated heterocycles. The normalized spacial score (nSPS) is 17.6. The molecule has 0 aromatic heterocycles. The van der Waals surface area contributed by atoms with E-state index in [2.05, 4.69) is 5.32 Å². The summed E-state index contributed by atoms with van der Waals surface area (Å²) in [6.07, 6.45) is 0. The highest BCUT2D eigenvalue weighted by atomic mass is 19.1. The van der Waals surface area contributed by atoms with E-state index < -0.39 is 0 Å². The van der Waals surface area contributed by atoms with Gasteiger partial charge in [0.15, 0.2) is 0 Å². The zero-order valence-electron chi connectivity index (χ0n) is 10.1. The van der Waals surface area contributed by atoms with Crippen molar-refractivity contribution in [3.63, 3.8) is 0 Å². The largest absolute Gasteiger partial charge is 0.496 e. The predicted molar refractivity (Wildman–Crippen MR) is 68.1 cm³/mol. The molecule has 2 aromatic rings. The summed E-state index contributed by atoms with van der Waals surface area (Å²) in [5.41, 5.74) is 3.19. The topological polar surface area (TPSA) is 21.3 Å². The summed E-state index contributed by atoms with van der Waals surface area (Å²) in [6, 6.07) is 12.8. The first-order chi connectivity index (χ1) is 8.79. The number of para-hydroxylation sites is 1. The van der Waals surface area contributed by atoms with Crippen molar-refractivity contribution in [1.29, 1.82) is 0 Å². The third-order valence-electron chi connectivity index (χ3n) is 3.37. The lowest BCUT2D eigenvalue weighted by Crippen LogP contribution is -2.14. The van der Waals surface area contributed by atoms with Crippen molar-refractivity contribution in [2.45, 2.75) is 12.6 Å². The second-order valence-corrected chi connectivity index (χ2v) is 4.40. The molecule has 92 valence electrons. The zero-order chi connectivity index (χ0) is 12.5. The predicted octanol–water partition coefficient (Wildman–Crippen LogP) is 3.03. The average molecular weight is 243 g/mol. The third kappa shape index (κ3) is 1.77. The van der Waals surface area contributed by atoms with Crippen molar-refractivity contribution in [3.05, 3.63) is 65.0 Å². The summed E-state index contributed by atoms with van der Waals surface area (Å²) in [5.74, 6) is 0.629. The highest BCUT2D eigenvalue weighted by Crippen LogP contribution is 2.35. The summed E-state index contributed by atoms with van der Waals surface area (Å²) in [5, 5.41) is 3.39. The number of nitrogens with one attached hydrogen (secondary N) is 1. The van der Waals surface area contributed by atoms with Gasteiger partial charge >= 0.3 is 0 Å². The van der Waals surface area contributed by atoms with Crippen LogP contribution in [-0.2, 0) is 6.54 Å². The molecule has 1 unspecified atom stereocenters. The van der Waals surface area contributed by atoms with E-state index in [1.54, 1.807) is 13.2 Å². The Labute approximate surface area is 105 Å². The van der Waals surface area contributed by atoms with E-state index in [-0.39, 0.29) is 11.9 Å². The Kier molecular flexibility index (Phi) is 2.76. The van der Waals surface area contributed by atoms with Crippen LogP contribution in [-0.4, -0.2) is 7.11 Å². The zero-order valence-corrected chi connectivity index (χ0v) is 10.1. The Hall–Kier alpha value is -1.87. The minimum Gasteiger partial charge on any atom is -0.496 e. The van der Waals surface area contributed by atoms with Crippen LogP contribution in [0.5, 0.6) is 5.75 Å². The number of halogens is 1. The molecule has 18 heavy (non-hydrogen) atoms. The molecule has 3 rings (SSSR count). The van der Waals surface area contributed by atoms with Crippen LogP contribution in [0.3, 0.4) is 0 Å². The maximum absolute atomic E-state index is 13.4. The smallest absolute Gasteiger partial charge is 0.123 e. The van der Waals surface area contributed by atoms with E-state index in [9.17, 15) is 4.39 Å². The van der Waals surface area contributed by atoms with Gasteiger partial charge in [-0.25, -0.2) is 4.39 Å². The monoisotopic (exact) mass is 243 g/mol. The summed E-state index contributed by atoms with van der Waals surface area (Å²) >= 11 is 0. The first-order valence-electron chi connectivity index (χ1n) is 5.94. The van der Waals surface area contributed by atoms with Crippen molar-refractivity contribution in [2.24, 2.45) is 0 Å². The quantitative estimate of drug-likeness (QED) is 0.875. The second kappa shape index (κ2) is 4.42. The lowest BCUT2D eigenvalue weighted by atomic mass is 9.97. The molecule has 1 aliphatic rings. The summed E-state index contributed by atoms with van der Waals surface area (Å²) in [6.45, 7) is 0.762. The van der Waals surface area contributed by atoms with E-state index in [1.165, 1.54) is 6.07 Å². The Bertz CT molecular complexity index is 582. The van der Waals surface area contributed by atoms with Crippen LogP contribution in [0.4, 0.5) is 4.39 Å². The van der Waals surface area contributed by atoms with Gasteiger partial charge in [-0.05, 0) is 29.3 Å². The highest BCUT2D eigenvalue weighted by molar-refractivity contribution is 5.46. The Morgan fingerprint density at radius 1 is 1.17 bits per heavy atom. The molecule has 2 nitrogen and oxygen atoms in total. The molecule has 1 N–H and O–H groups in total. The third-order valence-corrected chi connectivity index (χ3v) is 3.37. The van der Waals surface area contributed by atoms with E-state index in [4.69, 9.17) is 4.74 Å². The number of rotatable bonds is 2. The van der Waals surface area contributed by atoms with Gasteiger partial charge in [0.2, 0.25) is 0 Å². The van der Waals surface area contributed by atoms with Crippen LogP contribution < -0.4 is 10.1 Å². The maximum atomic E-state index is 13.4. The number of hydrogen-bond acceptors (Lipinski definition) is 2. The number of benzene rings is 2. The molecule has 0 spiro atoms. The van der Waals surface area contributed by atoms with Crippen LogP contribution >= 0.6 is 0 Å². The molecule has 3 heteroatoms. The molecule has 1 aliphatic heterocycles. The van der Waals surface area contributed by atoms with Gasteiger partial charge in [0.25, 0.3) is 0 Å². The molecule has 0 aliphatic carbocycles. The van der Waals surface area contributed by atoms with E-state index in [0.29, 0.717) is 0 Å². The molecule has 2 aromatic carbocycles. The van der Waals surface area contributed by atoms with Gasteiger partial charge in [-0.3, -0.25) is 0 Å². The number of hydrogen-bond donors (Lipinski definition) is 1. The molecule has 1 heterocycles. The molecule has 0 bridgehead atoms. The van der Waals surface area contributed by atoms with Crippen molar-refractivity contribution >= 4 is 0 Å². The fourth-order valence-corrected chi connectivity index (χ4v) is 2.50. The fraction of sp³-hybridized carbons (Fsp3) is 0.200. The van der Waals surface area contributed by atoms with Crippen LogP contribution in [0.2, 0.25) is 0 Å². The Morgan fingerprint density at radius 2 is 2.00 bits per heavy atom. The molecule has 0 fully saturated rings. The van der Waals surface area contributed by atoms with Crippen LogP contribution in [0.15, 0.2) is 42.5 Å². The summed E-state index contributed by atoms with van der Waals surface area (Å²) in [4.78, 5) is 0. The Morgan fingerprint density at radius 3 is 2.83 bits per heavy atom. The molecular weight excluding hydrogens is 229 g/mol. The lowest BCUT2D eigenvalue weighted by Gasteiger charge is -2.16. The number of methoxy groups -OCH3 is 1. The van der Waals surface area contributed by atoms with Gasteiger partial charge in [0.05, 0.1) is 13.2 Å². The molecular formula is C15H14FNO. The summed E-state index contributed by atoms with van der Waals surface area (Å²) < 4.78 is 18.7. The van der Waals surface area contributed by atoms with Crippen LogP contribution in [0.25, 0.3) is 0 Å². The minimum atomic E-state index is -0.197. The standard InChI is InChI=1S/C15H14FNO/c1-18-14-5-3-2-4-12(14)15-13-8-11(16)7-6-10(13)9-17-15/h2-8,15,17H,9H2,1H3. The van der Waals surface area contributed by atoms with Crippen molar-refractivity contribution in [1.82, 2.24) is 5.32 Å². The van der Waals surface area contributed by atoms with E-state index in [1.807, 2.05) is 30.3 Å². The first-order valence-corrected chi connectivity index (χ1v) is 5.94. The van der Waals surface area contributed by atoms with Crippen molar-refractivity contribution < 1.29 is 9.13 Å². The minimum absolute atomic E-state index is 0.00634. The second-order valence-electron chi connectivity index (χ2n) is 4.40. The number of ether oxygens (including phenoxy) is 1. The molecule has 0 saturated carbocycles. The van der Waals surface area contributed by atoms with Crippen molar-refractivity contribution in [3.8, 4) is 5.75 Å². The van der Waals surface area contributed by atoms with E-state index in [0.717, 1.165) is 29.0 Å². The molecule has 0 radical (unpaired) electrons. The SMILES string of the molecule is COc1ccccc1C1NCc2ccc(F)cc21.